The minimum absolute atomic E-state index is 0.662. The summed E-state index contributed by atoms with van der Waals surface area (Å²) in [4.78, 5) is 18.4. The maximum absolute atomic E-state index is 11.6. The molecule has 2 heterocycles. The molecule has 21 heavy (non-hydrogen) atoms. The monoisotopic (exact) mass is 298 g/mol. The topological polar surface area (TPSA) is 34.4 Å². The van der Waals surface area contributed by atoms with E-state index in [0.717, 1.165) is 35.3 Å². The molecule has 1 aromatic carbocycles. The Morgan fingerprint density at radius 1 is 1.19 bits per heavy atom. The normalized spacial score (nSPS) is 11.2. The summed E-state index contributed by atoms with van der Waals surface area (Å²) >= 11 is 1.65. The number of thiazole rings is 1. The molecule has 0 unspecified atom stereocenters. The summed E-state index contributed by atoms with van der Waals surface area (Å²) in [6.45, 7) is 6.33. The summed E-state index contributed by atoms with van der Waals surface area (Å²) in [7, 11) is 0. The van der Waals surface area contributed by atoms with Gasteiger partial charge in [-0.25, -0.2) is 4.98 Å². The largest absolute Gasteiger partial charge is 0.296 e. The number of aromatic nitrogens is 2. The zero-order valence-electron chi connectivity index (χ0n) is 12.5. The molecule has 0 spiro atoms. The van der Waals surface area contributed by atoms with Crippen LogP contribution in [0.15, 0.2) is 24.3 Å². The summed E-state index contributed by atoms with van der Waals surface area (Å²) in [6, 6.07) is 8.31. The van der Waals surface area contributed by atoms with Crippen molar-refractivity contribution in [1.29, 1.82) is 0 Å². The minimum Gasteiger partial charge on any atom is -0.296 e. The number of aldehydes is 1. The third-order valence-corrected chi connectivity index (χ3v) is 4.88. The maximum Gasteiger partial charge on any atom is 0.195 e. The van der Waals surface area contributed by atoms with Crippen molar-refractivity contribution in [3.8, 4) is 11.3 Å². The summed E-state index contributed by atoms with van der Waals surface area (Å²) in [6.07, 6.45) is 2.84. The second kappa shape index (κ2) is 5.45. The molecule has 0 radical (unpaired) electrons. The predicted octanol–water partition coefficient (Wildman–Crippen LogP) is 4.31. The number of benzene rings is 1. The van der Waals surface area contributed by atoms with E-state index in [-0.39, 0.29) is 0 Å². The fourth-order valence-electron chi connectivity index (χ4n) is 2.72. The molecule has 0 atom stereocenters. The van der Waals surface area contributed by atoms with Gasteiger partial charge in [-0.2, -0.15) is 0 Å². The van der Waals surface area contributed by atoms with Crippen molar-refractivity contribution < 1.29 is 4.79 Å². The van der Waals surface area contributed by atoms with Gasteiger partial charge in [0.25, 0.3) is 0 Å². The van der Waals surface area contributed by atoms with Crippen LogP contribution in [0, 0.1) is 6.92 Å². The zero-order chi connectivity index (χ0) is 15.0. The SMILES string of the molecule is CCc1ccc(-c2nc3sc(C)c(CC)n3c2C=O)cc1. The highest BCUT2D eigenvalue weighted by atomic mass is 32.1. The van der Waals surface area contributed by atoms with Crippen LogP contribution in [-0.4, -0.2) is 15.7 Å². The van der Waals surface area contributed by atoms with Crippen molar-refractivity contribution in [2.45, 2.75) is 33.6 Å². The standard InChI is InChI=1S/C17H18N2OS/c1-4-12-6-8-13(9-7-12)16-15(10-20)19-14(5-2)11(3)21-17(19)18-16/h6-10H,4-5H2,1-3H3. The molecule has 0 bridgehead atoms. The van der Waals surface area contributed by atoms with Gasteiger partial charge in [-0.3, -0.25) is 9.20 Å². The van der Waals surface area contributed by atoms with Crippen LogP contribution in [0.1, 0.15) is 40.5 Å². The fraction of sp³-hybridized carbons (Fsp3) is 0.294. The number of aryl methyl sites for hydroxylation is 3. The van der Waals surface area contributed by atoms with Crippen LogP contribution in [0.4, 0.5) is 0 Å². The maximum atomic E-state index is 11.6. The summed E-state index contributed by atoms with van der Waals surface area (Å²) < 4.78 is 2.01. The van der Waals surface area contributed by atoms with Crippen LogP contribution in [0.5, 0.6) is 0 Å². The number of carbonyl (C=O) groups excluding carboxylic acids is 1. The summed E-state index contributed by atoms with van der Waals surface area (Å²) in [5.74, 6) is 0. The van der Waals surface area contributed by atoms with E-state index >= 15 is 0 Å². The molecule has 0 aliphatic rings. The highest BCUT2D eigenvalue weighted by Gasteiger charge is 2.18. The highest BCUT2D eigenvalue weighted by Crippen LogP contribution is 2.30. The van der Waals surface area contributed by atoms with Gasteiger partial charge in [-0.1, -0.05) is 38.1 Å². The van der Waals surface area contributed by atoms with Gasteiger partial charge in [0.2, 0.25) is 0 Å². The Labute approximate surface area is 128 Å². The highest BCUT2D eigenvalue weighted by molar-refractivity contribution is 7.17. The number of fused-ring (bicyclic) bond motifs is 1. The van der Waals surface area contributed by atoms with Crippen LogP contribution in [0.3, 0.4) is 0 Å². The number of carbonyl (C=O) groups is 1. The van der Waals surface area contributed by atoms with Gasteiger partial charge < -0.3 is 0 Å². The van der Waals surface area contributed by atoms with E-state index in [9.17, 15) is 4.79 Å². The molecular formula is C17H18N2OS. The first kappa shape index (κ1) is 14.0. The van der Waals surface area contributed by atoms with E-state index in [4.69, 9.17) is 0 Å². The third kappa shape index (κ3) is 2.20. The van der Waals surface area contributed by atoms with Gasteiger partial charge in [-0.05, 0) is 25.3 Å². The Bertz CT molecular complexity index is 796. The lowest BCUT2D eigenvalue weighted by Crippen LogP contribution is -1.97. The van der Waals surface area contributed by atoms with Gasteiger partial charge in [0.05, 0.1) is 0 Å². The van der Waals surface area contributed by atoms with Crippen molar-refractivity contribution in [1.82, 2.24) is 9.38 Å². The van der Waals surface area contributed by atoms with E-state index < -0.39 is 0 Å². The van der Waals surface area contributed by atoms with E-state index in [1.54, 1.807) is 11.3 Å². The van der Waals surface area contributed by atoms with Gasteiger partial charge in [0.1, 0.15) is 11.4 Å². The lowest BCUT2D eigenvalue weighted by Gasteiger charge is -2.02. The number of hydrogen-bond acceptors (Lipinski definition) is 3. The van der Waals surface area contributed by atoms with Crippen LogP contribution in [-0.2, 0) is 12.8 Å². The number of rotatable bonds is 4. The summed E-state index contributed by atoms with van der Waals surface area (Å²) in [5.41, 5.74) is 4.92. The van der Waals surface area contributed by atoms with Crippen LogP contribution < -0.4 is 0 Å². The average Bonchev–Trinajstić information content (AvgIpc) is 3.01. The second-order valence-electron chi connectivity index (χ2n) is 5.09. The zero-order valence-corrected chi connectivity index (χ0v) is 13.3. The second-order valence-corrected chi connectivity index (χ2v) is 6.27. The fourth-order valence-corrected chi connectivity index (χ4v) is 3.78. The number of hydrogen-bond donors (Lipinski definition) is 0. The van der Waals surface area contributed by atoms with Crippen molar-refractivity contribution >= 4 is 22.6 Å². The lowest BCUT2D eigenvalue weighted by atomic mass is 10.1. The molecule has 0 N–H and O–H groups in total. The molecule has 3 rings (SSSR count). The first-order valence-electron chi connectivity index (χ1n) is 7.24. The number of nitrogens with zero attached hydrogens (tertiary/aromatic N) is 2. The molecule has 0 aliphatic heterocycles. The first-order chi connectivity index (χ1) is 10.2. The van der Waals surface area contributed by atoms with E-state index in [0.29, 0.717) is 5.69 Å². The van der Waals surface area contributed by atoms with Crippen LogP contribution in [0.25, 0.3) is 16.2 Å². The molecule has 0 amide bonds. The Morgan fingerprint density at radius 3 is 2.48 bits per heavy atom. The number of imidazole rings is 1. The first-order valence-corrected chi connectivity index (χ1v) is 8.06. The Balaban J connectivity index is 2.22. The predicted molar refractivity (Wildman–Crippen MR) is 87.4 cm³/mol. The molecule has 108 valence electrons. The Hall–Kier alpha value is -1.94. The minimum atomic E-state index is 0.662. The molecular weight excluding hydrogens is 280 g/mol. The molecule has 4 heteroatoms. The lowest BCUT2D eigenvalue weighted by molar-refractivity contribution is 0.111. The van der Waals surface area contributed by atoms with Crippen molar-refractivity contribution in [2.75, 3.05) is 0 Å². The third-order valence-electron chi connectivity index (χ3n) is 3.89. The Morgan fingerprint density at radius 2 is 1.90 bits per heavy atom. The molecule has 0 saturated heterocycles. The van der Waals surface area contributed by atoms with Gasteiger partial charge in [0, 0.05) is 16.1 Å². The Kier molecular flexibility index (Phi) is 3.64. The van der Waals surface area contributed by atoms with Gasteiger partial charge in [0.15, 0.2) is 11.2 Å². The average molecular weight is 298 g/mol. The molecule has 2 aromatic heterocycles. The molecule has 3 nitrogen and oxygen atoms in total. The van der Waals surface area contributed by atoms with Crippen LogP contribution >= 0.6 is 11.3 Å². The molecule has 3 aromatic rings. The van der Waals surface area contributed by atoms with E-state index in [1.807, 2.05) is 4.40 Å². The quantitative estimate of drug-likeness (QED) is 0.673. The van der Waals surface area contributed by atoms with Crippen molar-refractivity contribution in [3.05, 3.63) is 46.1 Å². The van der Waals surface area contributed by atoms with Gasteiger partial charge >= 0.3 is 0 Å². The van der Waals surface area contributed by atoms with Gasteiger partial charge in [-0.15, -0.1) is 11.3 Å². The van der Waals surface area contributed by atoms with E-state index in [1.165, 1.54) is 16.1 Å². The molecule has 0 saturated carbocycles. The smallest absolute Gasteiger partial charge is 0.195 e. The van der Waals surface area contributed by atoms with E-state index in [2.05, 4.69) is 50.0 Å². The summed E-state index contributed by atoms with van der Waals surface area (Å²) in [5, 5.41) is 0. The van der Waals surface area contributed by atoms with Crippen molar-refractivity contribution in [2.24, 2.45) is 0 Å². The van der Waals surface area contributed by atoms with Crippen LogP contribution in [0.2, 0.25) is 0 Å². The van der Waals surface area contributed by atoms with Crippen molar-refractivity contribution in [3.63, 3.8) is 0 Å². The molecule has 0 aliphatic carbocycles. The molecule has 0 fully saturated rings.